The van der Waals surface area contributed by atoms with Crippen molar-refractivity contribution in [2.24, 2.45) is 0 Å². The molecule has 2 aromatic rings. The van der Waals surface area contributed by atoms with Gasteiger partial charge >= 0.3 is 6.18 Å². The highest BCUT2D eigenvalue weighted by molar-refractivity contribution is 7.16. The van der Waals surface area contributed by atoms with E-state index in [0.29, 0.717) is 23.5 Å². The fourth-order valence-electron chi connectivity index (χ4n) is 2.87. The van der Waals surface area contributed by atoms with Gasteiger partial charge < -0.3 is 5.32 Å². The first-order valence-electron chi connectivity index (χ1n) is 7.43. The Morgan fingerprint density at radius 3 is 2.32 bits per heavy atom. The molecule has 1 aliphatic heterocycles. The van der Waals surface area contributed by atoms with Crippen molar-refractivity contribution in [1.29, 1.82) is 0 Å². The molecule has 1 aliphatic rings. The number of halogens is 6. The molecule has 1 fully saturated rings. The molecule has 1 saturated heterocycles. The fourth-order valence-corrected chi connectivity index (χ4v) is 4.09. The molecule has 25 heavy (non-hydrogen) atoms. The quantitative estimate of drug-likeness (QED) is 0.712. The van der Waals surface area contributed by atoms with Crippen LogP contribution in [0.15, 0.2) is 30.3 Å². The van der Waals surface area contributed by atoms with Crippen LogP contribution in [0.1, 0.15) is 22.0 Å². The van der Waals surface area contributed by atoms with E-state index in [9.17, 15) is 17.6 Å². The molecule has 0 radical (unpaired) electrons. The first-order chi connectivity index (χ1) is 11.4. The zero-order valence-corrected chi connectivity index (χ0v) is 15.3. The highest BCUT2D eigenvalue weighted by atomic mass is 35.5. The summed E-state index contributed by atoms with van der Waals surface area (Å²) in [7, 11) is 0. The van der Waals surface area contributed by atoms with Crippen molar-refractivity contribution in [3.05, 3.63) is 56.5 Å². The average Bonchev–Trinajstić information content (AvgIpc) is 2.95. The van der Waals surface area contributed by atoms with Crippen LogP contribution in [0, 0.1) is 5.82 Å². The number of nitrogens with one attached hydrogen (secondary N) is 1. The molecule has 0 unspecified atom stereocenters. The van der Waals surface area contributed by atoms with Gasteiger partial charge in [-0.2, -0.15) is 13.2 Å². The Labute approximate surface area is 158 Å². The molecule has 0 bridgehead atoms. The van der Waals surface area contributed by atoms with E-state index in [2.05, 4.69) is 10.2 Å². The average molecular weight is 415 g/mol. The smallest absolute Gasteiger partial charge is 0.314 e. The van der Waals surface area contributed by atoms with Crippen LogP contribution in [0.3, 0.4) is 0 Å². The van der Waals surface area contributed by atoms with Gasteiger partial charge in [0.1, 0.15) is 5.82 Å². The summed E-state index contributed by atoms with van der Waals surface area (Å²) in [6.45, 7) is 2.86. The maximum absolute atomic E-state index is 14.5. The second-order valence-corrected chi connectivity index (χ2v) is 7.31. The molecular weight excluding hydrogens is 399 g/mol. The van der Waals surface area contributed by atoms with E-state index < -0.39 is 23.6 Å². The van der Waals surface area contributed by atoms with Crippen LogP contribution in [0.4, 0.5) is 17.6 Å². The van der Waals surface area contributed by atoms with Gasteiger partial charge in [-0.25, -0.2) is 4.39 Å². The van der Waals surface area contributed by atoms with Crippen molar-refractivity contribution in [3.63, 3.8) is 0 Å². The molecule has 0 amide bonds. The largest absolute Gasteiger partial charge is 0.416 e. The summed E-state index contributed by atoms with van der Waals surface area (Å²) in [6.07, 6.45) is -4.56. The molecule has 2 nitrogen and oxygen atoms in total. The van der Waals surface area contributed by atoms with Crippen LogP contribution < -0.4 is 5.32 Å². The van der Waals surface area contributed by atoms with E-state index in [1.165, 1.54) is 17.4 Å². The van der Waals surface area contributed by atoms with Crippen molar-refractivity contribution >= 4 is 35.3 Å². The van der Waals surface area contributed by atoms with Crippen LogP contribution in [0.2, 0.25) is 4.34 Å². The minimum absolute atomic E-state index is 0. The van der Waals surface area contributed by atoms with Gasteiger partial charge in [0.15, 0.2) is 0 Å². The lowest BCUT2D eigenvalue weighted by atomic mass is 10.00. The lowest BCUT2D eigenvalue weighted by Gasteiger charge is -2.35. The molecular formula is C16H16Cl2F4N2S. The lowest BCUT2D eigenvalue weighted by Crippen LogP contribution is -2.45. The van der Waals surface area contributed by atoms with E-state index in [4.69, 9.17) is 11.6 Å². The van der Waals surface area contributed by atoms with Gasteiger partial charge in [-0.15, -0.1) is 23.7 Å². The molecule has 1 aromatic heterocycles. The molecule has 1 atom stereocenters. The van der Waals surface area contributed by atoms with Gasteiger partial charge in [0.2, 0.25) is 0 Å². The van der Waals surface area contributed by atoms with Crippen LogP contribution in [0.25, 0.3) is 0 Å². The SMILES string of the molecule is Cl.Fc1cc(C(F)(F)F)ccc1[C@H](c1ccc(Cl)s1)N1CCNCC1. The predicted molar refractivity (Wildman–Crippen MR) is 94.3 cm³/mol. The van der Waals surface area contributed by atoms with Crippen molar-refractivity contribution in [2.45, 2.75) is 12.2 Å². The number of hydrogen-bond donors (Lipinski definition) is 1. The second-order valence-electron chi connectivity index (χ2n) is 5.56. The molecule has 138 valence electrons. The van der Waals surface area contributed by atoms with E-state index in [1.54, 1.807) is 12.1 Å². The summed E-state index contributed by atoms with van der Waals surface area (Å²) in [5.74, 6) is -0.849. The number of alkyl halides is 3. The Balaban J connectivity index is 0.00000225. The topological polar surface area (TPSA) is 15.3 Å². The molecule has 0 aliphatic carbocycles. The van der Waals surface area contributed by atoms with Gasteiger partial charge in [0.05, 0.1) is 15.9 Å². The lowest BCUT2D eigenvalue weighted by molar-refractivity contribution is -0.137. The van der Waals surface area contributed by atoms with E-state index >= 15 is 0 Å². The molecule has 0 spiro atoms. The molecule has 3 rings (SSSR count). The Kier molecular flexibility index (Phi) is 6.73. The second kappa shape index (κ2) is 8.22. The first kappa shape index (κ1) is 20.5. The molecule has 9 heteroatoms. The summed E-state index contributed by atoms with van der Waals surface area (Å²) >= 11 is 7.32. The molecule has 0 saturated carbocycles. The highest BCUT2D eigenvalue weighted by Crippen LogP contribution is 2.38. The van der Waals surface area contributed by atoms with Crippen LogP contribution in [-0.2, 0) is 6.18 Å². The zero-order valence-electron chi connectivity index (χ0n) is 12.9. The van der Waals surface area contributed by atoms with Crippen LogP contribution in [-0.4, -0.2) is 31.1 Å². The summed E-state index contributed by atoms with van der Waals surface area (Å²) in [6, 6.07) is 5.82. The maximum atomic E-state index is 14.5. The monoisotopic (exact) mass is 414 g/mol. The Morgan fingerprint density at radius 2 is 1.80 bits per heavy atom. The van der Waals surface area contributed by atoms with Gasteiger partial charge in [0.25, 0.3) is 0 Å². The zero-order chi connectivity index (χ0) is 17.3. The number of hydrogen-bond acceptors (Lipinski definition) is 3. The Morgan fingerprint density at radius 1 is 1.12 bits per heavy atom. The van der Waals surface area contributed by atoms with Crippen molar-refractivity contribution < 1.29 is 17.6 Å². The Bertz CT molecular complexity index is 714. The van der Waals surface area contributed by atoms with Crippen molar-refractivity contribution in [1.82, 2.24) is 10.2 Å². The third-order valence-electron chi connectivity index (χ3n) is 4.00. The molecule has 1 N–H and O–H groups in total. The number of rotatable bonds is 3. The Hall–Kier alpha value is -0.860. The van der Waals surface area contributed by atoms with E-state index in [-0.39, 0.29) is 18.0 Å². The highest BCUT2D eigenvalue weighted by Gasteiger charge is 2.33. The fraction of sp³-hybridized carbons (Fsp3) is 0.375. The van der Waals surface area contributed by atoms with E-state index in [0.717, 1.165) is 24.0 Å². The first-order valence-corrected chi connectivity index (χ1v) is 8.62. The number of nitrogens with zero attached hydrogens (tertiary/aromatic N) is 1. The minimum Gasteiger partial charge on any atom is -0.314 e. The molecule has 2 heterocycles. The van der Waals surface area contributed by atoms with E-state index in [1.807, 2.05) is 0 Å². The third-order valence-corrected chi connectivity index (χ3v) is 5.29. The summed E-state index contributed by atoms with van der Waals surface area (Å²) < 4.78 is 53.4. The van der Waals surface area contributed by atoms with Gasteiger partial charge in [-0.1, -0.05) is 17.7 Å². The normalized spacial score (nSPS) is 17.2. The standard InChI is InChI=1S/C16H15ClF4N2S.ClH/c17-14-4-3-13(24-14)15(23-7-5-22-6-8-23)11-2-1-10(9-12(11)18)16(19,20)21;/h1-4,9,15,22H,5-8H2;1H/t15-;/m1./s1. The van der Waals surface area contributed by atoms with Crippen molar-refractivity contribution in [3.8, 4) is 0 Å². The summed E-state index contributed by atoms with van der Waals surface area (Å²) in [5.41, 5.74) is -0.740. The molecule has 1 aromatic carbocycles. The predicted octanol–water partition coefficient (Wildman–Crippen LogP) is 4.98. The van der Waals surface area contributed by atoms with Crippen LogP contribution >= 0.6 is 35.3 Å². The number of thiophene rings is 1. The minimum atomic E-state index is -4.56. The summed E-state index contributed by atoms with van der Waals surface area (Å²) in [4.78, 5) is 2.88. The summed E-state index contributed by atoms with van der Waals surface area (Å²) in [5, 5.41) is 3.21. The number of piperazine rings is 1. The van der Waals surface area contributed by atoms with Gasteiger partial charge in [0, 0.05) is 36.6 Å². The van der Waals surface area contributed by atoms with Crippen LogP contribution in [0.5, 0.6) is 0 Å². The van der Waals surface area contributed by atoms with Gasteiger partial charge in [-0.3, -0.25) is 4.90 Å². The third kappa shape index (κ3) is 4.65. The van der Waals surface area contributed by atoms with Crippen molar-refractivity contribution in [2.75, 3.05) is 26.2 Å². The van der Waals surface area contributed by atoms with Gasteiger partial charge in [-0.05, 0) is 24.3 Å². The number of benzene rings is 1. The maximum Gasteiger partial charge on any atom is 0.416 e.